The molecule has 0 aromatic rings. The summed E-state index contributed by atoms with van der Waals surface area (Å²) in [4.78, 5) is 25.8. The van der Waals surface area contributed by atoms with Gasteiger partial charge in [-0.15, -0.1) is 0 Å². The van der Waals surface area contributed by atoms with Gasteiger partial charge in [0.25, 0.3) is 0 Å². The lowest BCUT2D eigenvalue weighted by molar-refractivity contribution is -0.150. The average Bonchev–Trinajstić information content (AvgIpc) is 3.15. The molecule has 0 aromatic heterocycles. The molecular weight excluding hydrogens is 659 g/mol. The summed E-state index contributed by atoms with van der Waals surface area (Å²) in [5, 5.41) is 23.5. The summed E-state index contributed by atoms with van der Waals surface area (Å²) in [7, 11) is 0. The van der Waals surface area contributed by atoms with Crippen molar-refractivity contribution in [2.24, 2.45) is 0 Å². The maximum Gasteiger partial charge on any atom is 0.306 e. The minimum absolute atomic E-state index is 0.0473. The van der Waals surface area contributed by atoms with Gasteiger partial charge >= 0.3 is 5.97 Å². The zero-order chi connectivity index (χ0) is 38.9. The minimum atomic E-state index is -0.796. The summed E-state index contributed by atoms with van der Waals surface area (Å²) in [5.74, 6) is -0.578. The van der Waals surface area contributed by atoms with Crippen LogP contribution in [0.3, 0.4) is 0 Å². The Hall–Kier alpha value is -2.44. The van der Waals surface area contributed by atoms with E-state index in [1.807, 2.05) is 6.08 Å². The number of amides is 1. The molecule has 0 aliphatic heterocycles. The van der Waals surface area contributed by atoms with Crippen molar-refractivity contribution >= 4 is 11.9 Å². The molecule has 0 aliphatic rings. The number of allylic oxidation sites excluding steroid dienone is 10. The van der Waals surface area contributed by atoms with E-state index in [4.69, 9.17) is 4.74 Å². The smallest absolute Gasteiger partial charge is 0.306 e. The van der Waals surface area contributed by atoms with Gasteiger partial charge in [0.1, 0.15) is 6.10 Å². The van der Waals surface area contributed by atoms with Gasteiger partial charge in [0.2, 0.25) is 5.91 Å². The number of carbonyl (C=O) groups is 2. The molecule has 6 heteroatoms. The Morgan fingerprint density at radius 3 is 1.43 bits per heavy atom. The highest BCUT2D eigenvalue weighted by Crippen LogP contribution is 2.17. The number of ether oxygens (including phenoxy) is 1. The molecular formula is C47H83NO5. The first-order valence-corrected chi connectivity index (χ1v) is 22.0. The van der Waals surface area contributed by atoms with Crippen molar-refractivity contribution in [3.8, 4) is 0 Å². The third kappa shape index (κ3) is 36.3. The monoisotopic (exact) mass is 742 g/mol. The highest BCUT2D eigenvalue weighted by atomic mass is 16.5. The van der Waals surface area contributed by atoms with Gasteiger partial charge in [-0.1, -0.05) is 191 Å². The van der Waals surface area contributed by atoms with Crippen LogP contribution in [0.15, 0.2) is 60.8 Å². The lowest BCUT2D eigenvalue weighted by Crippen LogP contribution is -2.46. The first kappa shape index (κ1) is 50.6. The van der Waals surface area contributed by atoms with Crippen LogP contribution in [0.4, 0.5) is 0 Å². The molecule has 306 valence electrons. The fourth-order valence-electron chi connectivity index (χ4n) is 6.30. The van der Waals surface area contributed by atoms with Crippen LogP contribution in [-0.4, -0.2) is 46.9 Å². The van der Waals surface area contributed by atoms with E-state index in [1.165, 1.54) is 77.0 Å². The van der Waals surface area contributed by atoms with E-state index in [0.717, 1.165) is 70.6 Å². The molecule has 0 saturated carbocycles. The number of carbonyl (C=O) groups excluding carboxylic acids is 2. The maximum absolute atomic E-state index is 13.1. The molecule has 53 heavy (non-hydrogen) atoms. The Morgan fingerprint density at radius 1 is 0.566 bits per heavy atom. The summed E-state index contributed by atoms with van der Waals surface area (Å²) in [5.41, 5.74) is 0. The third-order valence-electron chi connectivity index (χ3n) is 9.62. The lowest BCUT2D eigenvalue weighted by Gasteiger charge is -2.24. The number of aliphatic hydroxyl groups excluding tert-OH is 2. The van der Waals surface area contributed by atoms with Crippen LogP contribution in [0, 0.1) is 0 Å². The van der Waals surface area contributed by atoms with Crippen molar-refractivity contribution in [2.45, 2.75) is 219 Å². The van der Waals surface area contributed by atoms with Gasteiger partial charge in [-0.05, 0) is 57.8 Å². The Bertz CT molecular complexity index is 968. The SMILES string of the molecule is CC/C=C/C/C=C/C/C=C/C/C=C/C/C=C/CCC(=O)OC(CCCCCCCCCCC)CC(=O)NC(CO)C(O)CCCCCCCCCCC. The quantitative estimate of drug-likeness (QED) is 0.0333. The second kappa shape index (κ2) is 40.7. The number of nitrogens with one attached hydrogen (secondary N) is 1. The molecule has 1 amide bonds. The van der Waals surface area contributed by atoms with Gasteiger partial charge in [0.05, 0.1) is 25.2 Å². The average molecular weight is 742 g/mol. The zero-order valence-corrected chi connectivity index (χ0v) is 34.6. The molecule has 0 radical (unpaired) electrons. The second-order valence-electron chi connectivity index (χ2n) is 14.7. The number of hydrogen-bond donors (Lipinski definition) is 3. The standard InChI is InChI=1S/C47H83NO5/c1-4-7-10-13-16-19-20-21-22-23-24-25-28-31-34-37-40-47(52)53-43(38-35-32-29-26-17-14-11-8-5-2)41-46(51)48-44(42-49)45(50)39-36-33-30-27-18-15-12-9-6-3/h7,10,16,19,21-22,24-25,31,34,43-45,49-50H,4-6,8-9,11-15,17-18,20,23,26-30,32-33,35-42H2,1-3H3,(H,48,51)/b10-7+,19-16+,22-21+,25-24+,34-31+. The molecule has 0 fully saturated rings. The summed E-state index contributed by atoms with van der Waals surface area (Å²) in [6.07, 6.45) is 48.6. The van der Waals surface area contributed by atoms with E-state index in [1.54, 1.807) is 0 Å². The normalized spacial score (nSPS) is 14.0. The predicted octanol–water partition coefficient (Wildman–Crippen LogP) is 12.5. The number of unbranched alkanes of at least 4 members (excludes halogenated alkanes) is 16. The predicted molar refractivity (Wildman–Crippen MR) is 227 cm³/mol. The summed E-state index contributed by atoms with van der Waals surface area (Å²) >= 11 is 0. The van der Waals surface area contributed by atoms with Crippen LogP contribution in [0.25, 0.3) is 0 Å². The Kier molecular flexibility index (Phi) is 38.9. The van der Waals surface area contributed by atoms with Crippen LogP contribution in [0.2, 0.25) is 0 Å². The van der Waals surface area contributed by atoms with Crippen LogP contribution in [0.1, 0.15) is 201 Å². The van der Waals surface area contributed by atoms with E-state index in [0.29, 0.717) is 19.3 Å². The summed E-state index contributed by atoms with van der Waals surface area (Å²) in [6, 6.07) is -0.712. The first-order valence-electron chi connectivity index (χ1n) is 22.0. The van der Waals surface area contributed by atoms with E-state index < -0.39 is 18.2 Å². The van der Waals surface area contributed by atoms with Crippen molar-refractivity contribution < 1.29 is 24.5 Å². The van der Waals surface area contributed by atoms with Crippen molar-refractivity contribution in [3.05, 3.63) is 60.8 Å². The highest BCUT2D eigenvalue weighted by molar-refractivity contribution is 5.77. The molecule has 0 bridgehead atoms. The molecule has 0 heterocycles. The van der Waals surface area contributed by atoms with Gasteiger partial charge in [-0.25, -0.2) is 0 Å². The lowest BCUT2D eigenvalue weighted by atomic mass is 10.0. The Morgan fingerprint density at radius 2 is 0.981 bits per heavy atom. The first-order chi connectivity index (χ1) is 26.0. The number of aliphatic hydroxyl groups is 2. The van der Waals surface area contributed by atoms with Crippen LogP contribution >= 0.6 is 0 Å². The maximum atomic E-state index is 13.1. The molecule has 0 aromatic carbocycles. The fraction of sp³-hybridized carbons (Fsp3) is 0.745. The van der Waals surface area contributed by atoms with Gasteiger partial charge in [0, 0.05) is 6.42 Å². The fourth-order valence-corrected chi connectivity index (χ4v) is 6.30. The zero-order valence-electron chi connectivity index (χ0n) is 34.6. The van der Waals surface area contributed by atoms with E-state index in [-0.39, 0.29) is 31.3 Å². The largest absolute Gasteiger partial charge is 0.462 e. The molecule has 0 aliphatic carbocycles. The van der Waals surface area contributed by atoms with Crippen LogP contribution < -0.4 is 5.32 Å². The Balaban J connectivity index is 4.66. The van der Waals surface area contributed by atoms with Gasteiger partial charge < -0.3 is 20.3 Å². The topological polar surface area (TPSA) is 95.9 Å². The third-order valence-corrected chi connectivity index (χ3v) is 9.62. The molecule has 0 spiro atoms. The number of hydrogen-bond acceptors (Lipinski definition) is 5. The number of esters is 1. The molecule has 3 atom stereocenters. The molecule has 3 N–H and O–H groups in total. The number of rotatable bonds is 38. The molecule has 0 saturated heterocycles. The van der Waals surface area contributed by atoms with Crippen LogP contribution in [0.5, 0.6) is 0 Å². The molecule has 6 nitrogen and oxygen atoms in total. The molecule has 0 rings (SSSR count). The van der Waals surface area contributed by atoms with Gasteiger partial charge in [0.15, 0.2) is 0 Å². The van der Waals surface area contributed by atoms with E-state index in [2.05, 4.69) is 80.8 Å². The second-order valence-corrected chi connectivity index (χ2v) is 14.7. The molecule has 3 unspecified atom stereocenters. The van der Waals surface area contributed by atoms with E-state index in [9.17, 15) is 19.8 Å². The van der Waals surface area contributed by atoms with Crippen molar-refractivity contribution in [1.82, 2.24) is 5.32 Å². The highest BCUT2D eigenvalue weighted by Gasteiger charge is 2.24. The van der Waals surface area contributed by atoms with Gasteiger partial charge in [-0.3, -0.25) is 9.59 Å². The van der Waals surface area contributed by atoms with Crippen molar-refractivity contribution in [1.29, 1.82) is 0 Å². The Labute approximate surface area is 327 Å². The van der Waals surface area contributed by atoms with Crippen LogP contribution in [-0.2, 0) is 14.3 Å². The minimum Gasteiger partial charge on any atom is -0.462 e. The van der Waals surface area contributed by atoms with Gasteiger partial charge in [-0.2, -0.15) is 0 Å². The van der Waals surface area contributed by atoms with E-state index >= 15 is 0 Å². The van der Waals surface area contributed by atoms with Crippen molar-refractivity contribution in [3.63, 3.8) is 0 Å². The summed E-state index contributed by atoms with van der Waals surface area (Å²) in [6.45, 7) is 6.29. The van der Waals surface area contributed by atoms with Crippen molar-refractivity contribution in [2.75, 3.05) is 6.61 Å². The summed E-state index contributed by atoms with van der Waals surface area (Å²) < 4.78 is 5.84.